The Bertz CT molecular complexity index is 1870. The number of hydrogen-bond donors (Lipinski definition) is 0. The highest BCUT2D eigenvalue weighted by Crippen LogP contribution is 2.42. The van der Waals surface area contributed by atoms with Crippen molar-refractivity contribution in [2.24, 2.45) is 19.9 Å². The van der Waals surface area contributed by atoms with Crippen molar-refractivity contribution in [1.29, 1.82) is 0 Å². The van der Waals surface area contributed by atoms with Crippen molar-refractivity contribution in [1.82, 2.24) is 39.3 Å². The molecule has 0 radical (unpaired) electrons. The van der Waals surface area contributed by atoms with E-state index in [1.807, 2.05) is 0 Å². The summed E-state index contributed by atoms with van der Waals surface area (Å²) in [7, 11) is 1.56. The molecule has 1 atom stereocenters. The van der Waals surface area contributed by atoms with Gasteiger partial charge >= 0.3 is 0 Å². The molecule has 37 heavy (non-hydrogen) atoms. The van der Waals surface area contributed by atoms with Crippen LogP contribution in [0.25, 0.3) is 33.3 Å². The molecule has 0 N–H and O–H groups in total. The largest absolute Gasteiger partial charge is 0.381 e. The second-order valence-corrected chi connectivity index (χ2v) is 9.15. The number of rotatable bonds is 5. The molecule has 11 heteroatoms. The Labute approximate surface area is 220 Å². The van der Waals surface area contributed by atoms with Gasteiger partial charge in [-0.25, -0.2) is 9.07 Å². The topological polar surface area (TPSA) is 106 Å². The molecule has 0 spiro atoms. The molecule has 1 aliphatic rings. The first-order valence-electron chi connectivity index (χ1n) is 14.8. The van der Waals surface area contributed by atoms with Gasteiger partial charge in [-0.05, 0) is 43.8 Å². The molecule has 0 aromatic carbocycles. The van der Waals surface area contributed by atoms with Crippen molar-refractivity contribution in [2.45, 2.75) is 32.7 Å². The lowest BCUT2D eigenvalue weighted by atomic mass is 9.88. The minimum atomic E-state index is -2.80. The first-order chi connectivity index (χ1) is 20.3. The molecule has 10 nitrogen and oxygen atoms in total. The Kier molecular flexibility index (Phi) is 4.17. The molecule has 5 aromatic rings. The number of carbonyl (C=O) groups is 1. The molecule has 0 amide bonds. The van der Waals surface area contributed by atoms with E-state index in [0.717, 1.165) is 0 Å². The van der Waals surface area contributed by atoms with Gasteiger partial charge in [0.15, 0.2) is 5.78 Å². The van der Waals surface area contributed by atoms with Gasteiger partial charge in [-0.3, -0.25) is 19.4 Å². The Morgan fingerprint density at radius 2 is 2.08 bits per heavy atom. The summed E-state index contributed by atoms with van der Waals surface area (Å²) in [5.74, 6) is -1.37. The fourth-order valence-corrected chi connectivity index (χ4v) is 5.36. The number of aromatic nitrogens is 8. The highest BCUT2D eigenvalue weighted by atomic mass is 19.1. The molecule has 1 unspecified atom stereocenters. The standard InChI is InChI=1S/C26H27FN8O2/c1-14-23(34(4)32-30-14)17-12-19-21(29-13-17)22-26(24(15(2)36)33(3)31-22)35(19)25(16-7-10-37-11-8-16)20-18(27)6-5-9-28-20/h5-6,9,12-13,16,25H,7-8,10-11H2,1-4H3/i1D3,3D3. The molecule has 0 bridgehead atoms. The van der Waals surface area contributed by atoms with Crippen LogP contribution in [-0.4, -0.2) is 58.3 Å². The van der Waals surface area contributed by atoms with E-state index in [-0.39, 0.29) is 45.2 Å². The lowest BCUT2D eigenvalue weighted by Crippen LogP contribution is -2.28. The maximum atomic E-state index is 15.6. The van der Waals surface area contributed by atoms with Crippen LogP contribution in [0.5, 0.6) is 0 Å². The van der Waals surface area contributed by atoms with Crippen LogP contribution in [-0.2, 0) is 18.8 Å². The molecule has 1 fully saturated rings. The van der Waals surface area contributed by atoms with E-state index in [2.05, 4.69) is 25.4 Å². The Morgan fingerprint density at radius 3 is 2.81 bits per heavy atom. The van der Waals surface area contributed by atoms with Crippen LogP contribution >= 0.6 is 0 Å². The Balaban J connectivity index is 1.76. The number of pyridine rings is 2. The minimum absolute atomic E-state index is 0.0973. The molecule has 6 rings (SSSR count). The first kappa shape index (κ1) is 17.5. The zero-order chi connectivity index (χ0) is 30.8. The second-order valence-electron chi connectivity index (χ2n) is 9.15. The molecular weight excluding hydrogens is 475 g/mol. The Hall–Kier alpha value is -3.99. The van der Waals surface area contributed by atoms with Crippen molar-refractivity contribution in [2.75, 3.05) is 13.2 Å². The van der Waals surface area contributed by atoms with E-state index < -0.39 is 31.5 Å². The van der Waals surface area contributed by atoms with Crippen LogP contribution in [0.15, 0.2) is 30.6 Å². The third-order valence-electron chi connectivity index (χ3n) is 6.94. The number of aryl methyl sites for hydroxylation is 3. The number of Topliss-reactive ketones (excluding diaryl/α,β-unsaturated/α-hetero) is 1. The number of ether oxygens (including phenoxy) is 1. The molecular formula is C26H27FN8O2. The monoisotopic (exact) mass is 508 g/mol. The summed E-state index contributed by atoms with van der Waals surface area (Å²) in [6.07, 6.45) is 3.96. The van der Waals surface area contributed by atoms with E-state index in [0.29, 0.717) is 41.8 Å². The first-order valence-corrected chi connectivity index (χ1v) is 11.8. The van der Waals surface area contributed by atoms with Crippen molar-refractivity contribution in [3.8, 4) is 11.3 Å². The highest BCUT2D eigenvalue weighted by molar-refractivity contribution is 6.13. The Morgan fingerprint density at radius 1 is 1.24 bits per heavy atom. The van der Waals surface area contributed by atoms with Crippen LogP contribution in [0, 0.1) is 18.6 Å². The van der Waals surface area contributed by atoms with Gasteiger partial charge in [0.25, 0.3) is 0 Å². The van der Waals surface area contributed by atoms with E-state index in [1.54, 1.807) is 17.7 Å². The molecule has 1 saturated heterocycles. The van der Waals surface area contributed by atoms with E-state index in [4.69, 9.17) is 13.0 Å². The zero-order valence-corrected chi connectivity index (χ0v) is 20.1. The average Bonchev–Trinajstić information content (AvgIpc) is 3.61. The summed E-state index contributed by atoms with van der Waals surface area (Å²) in [5, 5.41) is 12.1. The van der Waals surface area contributed by atoms with Crippen molar-refractivity contribution in [3.63, 3.8) is 0 Å². The number of halogens is 1. The summed E-state index contributed by atoms with van der Waals surface area (Å²) < 4.78 is 73.1. The minimum Gasteiger partial charge on any atom is -0.381 e. The molecule has 190 valence electrons. The van der Waals surface area contributed by atoms with Gasteiger partial charge in [0.1, 0.15) is 28.1 Å². The predicted molar refractivity (Wildman–Crippen MR) is 135 cm³/mol. The lowest BCUT2D eigenvalue weighted by Gasteiger charge is -2.32. The predicted octanol–water partition coefficient (Wildman–Crippen LogP) is 3.78. The van der Waals surface area contributed by atoms with Crippen molar-refractivity contribution >= 4 is 27.9 Å². The summed E-state index contributed by atoms with van der Waals surface area (Å²) in [6, 6.07) is 3.61. The maximum absolute atomic E-state index is 15.6. The van der Waals surface area contributed by atoms with Gasteiger partial charge in [-0.15, -0.1) is 5.10 Å². The van der Waals surface area contributed by atoms with Crippen LogP contribution < -0.4 is 0 Å². The number of hydrogen-bond acceptors (Lipinski definition) is 7. The third-order valence-corrected chi connectivity index (χ3v) is 6.94. The second kappa shape index (κ2) is 8.84. The van der Waals surface area contributed by atoms with Gasteiger partial charge in [-0.2, -0.15) is 5.10 Å². The summed E-state index contributed by atoms with van der Waals surface area (Å²) in [5.41, 5.74) is 1.18. The number of carbonyl (C=O) groups excluding carboxylic acids is 1. The average molecular weight is 509 g/mol. The van der Waals surface area contributed by atoms with Gasteiger partial charge < -0.3 is 9.30 Å². The van der Waals surface area contributed by atoms with E-state index in [1.165, 1.54) is 36.1 Å². The summed E-state index contributed by atoms with van der Waals surface area (Å²) in [4.78, 5) is 22.2. The molecule has 0 aliphatic carbocycles. The van der Waals surface area contributed by atoms with Gasteiger partial charge in [-0.1, -0.05) is 5.21 Å². The summed E-state index contributed by atoms with van der Waals surface area (Å²) >= 11 is 0. The van der Waals surface area contributed by atoms with Gasteiger partial charge in [0.2, 0.25) is 0 Å². The van der Waals surface area contributed by atoms with Crippen LogP contribution in [0.4, 0.5) is 4.39 Å². The fraction of sp³-hybridized carbons (Fsp3) is 0.385. The van der Waals surface area contributed by atoms with Crippen molar-refractivity contribution in [3.05, 3.63) is 53.5 Å². The van der Waals surface area contributed by atoms with Gasteiger partial charge in [0, 0.05) is 60.3 Å². The zero-order valence-electron chi connectivity index (χ0n) is 26.1. The highest BCUT2D eigenvalue weighted by Gasteiger charge is 2.35. The number of fused-ring (bicyclic) bond motifs is 3. The van der Waals surface area contributed by atoms with Crippen LogP contribution in [0.1, 0.15) is 55.9 Å². The van der Waals surface area contributed by atoms with E-state index in [9.17, 15) is 4.79 Å². The third kappa shape index (κ3) is 3.64. The molecule has 6 heterocycles. The molecule has 5 aromatic heterocycles. The van der Waals surface area contributed by atoms with E-state index >= 15 is 4.39 Å². The fourth-order valence-electron chi connectivity index (χ4n) is 5.36. The number of ketones is 1. The SMILES string of the molecule is [2H]C([2H])([2H])c1nnn(C)c1-c1cnc2c3nn(C([2H])([2H])[2H])c(C(C)=O)c3n(C(c3ncccc3F)C3CCOCC3)c2c1. The number of nitrogens with zero attached hydrogens (tertiary/aromatic N) is 8. The molecule has 1 aliphatic heterocycles. The van der Waals surface area contributed by atoms with Crippen molar-refractivity contribution < 1.29 is 22.1 Å². The maximum Gasteiger partial charge on any atom is 0.179 e. The molecule has 0 saturated carbocycles. The summed E-state index contributed by atoms with van der Waals surface area (Å²) in [6.45, 7) is -3.30. The smallest absolute Gasteiger partial charge is 0.179 e. The lowest BCUT2D eigenvalue weighted by molar-refractivity contribution is 0.0542. The normalized spacial score (nSPS) is 18.7. The van der Waals surface area contributed by atoms with Crippen LogP contribution in [0.3, 0.4) is 0 Å². The quantitative estimate of drug-likeness (QED) is 0.333. The van der Waals surface area contributed by atoms with Crippen LogP contribution in [0.2, 0.25) is 0 Å². The van der Waals surface area contributed by atoms with Gasteiger partial charge in [0.05, 0.1) is 28.6 Å².